The standard InChI is InChI=1S/C23H25N7O/c1-16-17(2)28-30(18(16)3)22-11-10-21(26-27-22)24-12-13-25-23(31)19-6-8-20(9-7-19)29-14-4-5-15-29/h4-11,14-15H,12-13H2,1-3H3,(H,24,26)(H,25,31). The molecule has 8 nitrogen and oxygen atoms in total. The Morgan fingerprint density at radius 2 is 1.68 bits per heavy atom. The molecule has 8 heteroatoms. The van der Waals surface area contributed by atoms with Gasteiger partial charge < -0.3 is 15.2 Å². The summed E-state index contributed by atoms with van der Waals surface area (Å²) < 4.78 is 3.79. The van der Waals surface area contributed by atoms with Crippen LogP contribution in [-0.2, 0) is 0 Å². The van der Waals surface area contributed by atoms with Crippen molar-refractivity contribution in [2.45, 2.75) is 20.8 Å². The predicted molar refractivity (Wildman–Crippen MR) is 120 cm³/mol. The Bertz CT molecular complexity index is 1160. The van der Waals surface area contributed by atoms with Crippen molar-refractivity contribution < 1.29 is 4.79 Å². The molecule has 0 atom stereocenters. The van der Waals surface area contributed by atoms with Crippen LogP contribution in [0.5, 0.6) is 0 Å². The third kappa shape index (κ3) is 4.48. The highest BCUT2D eigenvalue weighted by Crippen LogP contribution is 2.15. The fourth-order valence-corrected chi connectivity index (χ4v) is 3.24. The summed E-state index contributed by atoms with van der Waals surface area (Å²) >= 11 is 0. The fourth-order valence-electron chi connectivity index (χ4n) is 3.24. The van der Waals surface area contributed by atoms with E-state index in [9.17, 15) is 4.79 Å². The van der Waals surface area contributed by atoms with Crippen molar-refractivity contribution in [2.24, 2.45) is 0 Å². The van der Waals surface area contributed by atoms with Crippen molar-refractivity contribution in [1.29, 1.82) is 0 Å². The number of anilines is 1. The van der Waals surface area contributed by atoms with Gasteiger partial charge in [-0.05, 0) is 74.9 Å². The number of hydrogen-bond acceptors (Lipinski definition) is 5. The van der Waals surface area contributed by atoms with Crippen LogP contribution in [0.25, 0.3) is 11.5 Å². The second kappa shape index (κ2) is 8.83. The fraction of sp³-hybridized carbons (Fsp3) is 0.217. The third-order valence-corrected chi connectivity index (χ3v) is 5.27. The van der Waals surface area contributed by atoms with Gasteiger partial charge in [-0.3, -0.25) is 4.79 Å². The molecule has 0 fully saturated rings. The first-order valence-electron chi connectivity index (χ1n) is 10.2. The summed E-state index contributed by atoms with van der Waals surface area (Å²) in [5.74, 6) is 1.21. The zero-order valence-electron chi connectivity index (χ0n) is 17.8. The lowest BCUT2D eigenvalue weighted by atomic mass is 10.2. The Labute approximate surface area is 180 Å². The summed E-state index contributed by atoms with van der Waals surface area (Å²) in [6, 6.07) is 15.2. The monoisotopic (exact) mass is 415 g/mol. The van der Waals surface area contributed by atoms with Crippen LogP contribution in [0.4, 0.5) is 5.82 Å². The molecule has 3 aromatic heterocycles. The summed E-state index contributed by atoms with van der Waals surface area (Å²) in [5, 5.41) is 19.0. The van der Waals surface area contributed by atoms with Gasteiger partial charge in [0.05, 0.1) is 5.69 Å². The molecule has 0 aliphatic heterocycles. The Morgan fingerprint density at radius 1 is 0.935 bits per heavy atom. The molecule has 158 valence electrons. The summed E-state index contributed by atoms with van der Waals surface area (Å²) in [5.41, 5.74) is 4.83. The van der Waals surface area contributed by atoms with E-state index in [-0.39, 0.29) is 5.91 Å². The molecule has 2 N–H and O–H groups in total. The summed E-state index contributed by atoms with van der Waals surface area (Å²) in [6.07, 6.45) is 3.93. The van der Waals surface area contributed by atoms with Gasteiger partial charge in [0, 0.05) is 42.4 Å². The molecule has 1 amide bonds. The number of amides is 1. The van der Waals surface area contributed by atoms with Gasteiger partial charge in [-0.1, -0.05) is 0 Å². The highest BCUT2D eigenvalue weighted by molar-refractivity contribution is 5.94. The van der Waals surface area contributed by atoms with Crippen molar-refractivity contribution in [1.82, 2.24) is 29.9 Å². The van der Waals surface area contributed by atoms with Crippen molar-refractivity contribution >= 4 is 11.7 Å². The number of benzene rings is 1. The van der Waals surface area contributed by atoms with E-state index in [2.05, 4.69) is 25.9 Å². The van der Waals surface area contributed by atoms with Crippen LogP contribution >= 0.6 is 0 Å². The number of carbonyl (C=O) groups is 1. The molecule has 1 aromatic carbocycles. The number of nitrogens with zero attached hydrogens (tertiary/aromatic N) is 5. The van der Waals surface area contributed by atoms with E-state index in [4.69, 9.17) is 0 Å². The van der Waals surface area contributed by atoms with Crippen LogP contribution in [0.15, 0.2) is 60.9 Å². The minimum atomic E-state index is -0.109. The molecule has 0 saturated heterocycles. The molecule has 0 saturated carbocycles. The quantitative estimate of drug-likeness (QED) is 0.453. The Morgan fingerprint density at radius 3 is 2.29 bits per heavy atom. The first-order valence-corrected chi connectivity index (χ1v) is 10.2. The van der Waals surface area contributed by atoms with Crippen molar-refractivity contribution in [2.75, 3.05) is 18.4 Å². The van der Waals surface area contributed by atoms with Gasteiger partial charge in [0.25, 0.3) is 5.91 Å². The second-order valence-corrected chi connectivity index (χ2v) is 7.30. The molecular formula is C23H25N7O. The summed E-state index contributed by atoms with van der Waals surface area (Å²) in [6.45, 7) is 7.05. The topological polar surface area (TPSA) is 89.7 Å². The van der Waals surface area contributed by atoms with Crippen LogP contribution in [0.3, 0.4) is 0 Å². The summed E-state index contributed by atoms with van der Waals surface area (Å²) in [7, 11) is 0. The van der Waals surface area contributed by atoms with Crippen molar-refractivity contribution in [3.8, 4) is 11.5 Å². The Balaban J connectivity index is 1.26. The maximum Gasteiger partial charge on any atom is 0.251 e. The molecule has 0 aliphatic rings. The van der Waals surface area contributed by atoms with Gasteiger partial charge in [0.15, 0.2) is 5.82 Å². The third-order valence-electron chi connectivity index (χ3n) is 5.27. The van der Waals surface area contributed by atoms with Gasteiger partial charge in [-0.25, -0.2) is 4.68 Å². The van der Waals surface area contributed by atoms with Crippen molar-refractivity contribution in [3.05, 3.63) is 83.4 Å². The van der Waals surface area contributed by atoms with Gasteiger partial charge in [-0.15, -0.1) is 10.2 Å². The minimum Gasteiger partial charge on any atom is -0.367 e. The SMILES string of the molecule is Cc1nn(-c2ccc(NCCNC(=O)c3ccc(-n4cccc4)cc3)nn2)c(C)c1C. The predicted octanol–water partition coefficient (Wildman–Crippen LogP) is 3.22. The van der Waals surface area contributed by atoms with E-state index in [0.717, 1.165) is 22.6 Å². The van der Waals surface area contributed by atoms with E-state index in [0.29, 0.717) is 30.3 Å². The highest BCUT2D eigenvalue weighted by Gasteiger charge is 2.10. The maximum atomic E-state index is 12.3. The highest BCUT2D eigenvalue weighted by atomic mass is 16.1. The Hall–Kier alpha value is -3.94. The van der Waals surface area contributed by atoms with Crippen LogP contribution in [0.1, 0.15) is 27.3 Å². The molecule has 4 aromatic rings. The van der Waals surface area contributed by atoms with Gasteiger partial charge in [0.1, 0.15) is 5.82 Å². The smallest absolute Gasteiger partial charge is 0.251 e. The maximum absolute atomic E-state index is 12.3. The lowest BCUT2D eigenvalue weighted by molar-refractivity contribution is 0.0955. The molecule has 0 bridgehead atoms. The molecule has 0 aliphatic carbocycles. The van der Waals surface area contributed by atoms with Crippen LogP contribution in [-0.4, -0.2) is 43.5 Å². The number of carbonyl (C=O) groups excluding carboxylic acids is 1. The van der Waals surface area contributed by atoms with Crippen LogP contribution in [0.2, 0.25) is 0 Å². The second-order valence-electron chi connectivity index (χ2n) is 7.30. The first kappa shape index (κ1) is 20.3. The van der Waals surface area contributed by atoms with E-state index >= 15 is 0 Å². The van der Waals surface area contributed by atoms with Gasteiger partial charge in [-0.2, -0.15) is 5.10 Å². The molecule has 0 unspecified atom stereocenters. The first-order chi connectivity index (χ1) is 15.0. The summed E-state index contributed by atoms with van der Waals surface area (Å²) in [4.78, 5) is 12.3. The lowest BCUT2D eigenvalue weighted by Gasteiger charge is -2.09. The van der Waals surface area contributed by atoms with E-state index in [1.165, 1.54) is 0 Å². The van der Waals surface area contributed by atoms with Crippen LogP contribution in [0, 0.1) is 20.8 Å². The molecule has 31 heavy (non-hydrogen) atoms. The largest absolute Gasteiger partial charge is 0.367 e. The number of nitrogens with one attached hydrogen (secondary N) is 2. The molecule has 0 spiro atoms. The molecular weight excluding hydrogens is 390 g/mol. The number of aryl methyl sites for hydroxylation is 1. The van der Waals surface area contributed by atoms with E-state index < -0.39 is 0 Å². The number of aromatic nitrogens is 5. The van der Waals surface area contributed by atoms with E-state index in [1.54, 1.807) is 4.68 Å². The zero-order valence-corrected chi connectivity index (χ0v) is 17.8. The lowest BCUT2D eigenvalue weighted by Crippen LogP contribution is -2.28. The zero-order chi connectivity index (χ0) is 21.8. The number of hydrogen-bond donors (Lipinski definition) is 2. The number of rotatable bonds is 7. The van der Waals surface area contributed by atoms with Crippen molar-refractivity contribution in [3.63, 3.8) is 0 Å². The van der Waals surface area contributed by atoms with Gasteiger partial charge in [0.2, 0.25) is 0 Å². The molecule has 0 radical (unpaired) electrons. The molecule has 3 heterocycles. The normalized spacial score (nSPS) is 10.8. The van der Waals surface area contributed by atoms with E-state index in [1.807, 2.05) is 86.3 Å². The average Bonchev–Trinajstić information content (AvgIpc) is 3.42. The van der Waals surface area contributed by atoms with Gasteiger partial charge >= 0.3 is 0 Å². The van der Waals surface area contributed by atoms with Crippen LogP contribution < -0.4 is 10.6 Å². The average molecular weight is 416 g/mol. The molecule has 4 rings (SSSR count). The minimum absolute atomic E-state index is 0.109. The Kier molecular flexibility index (Phi) is 5.79.